The standard InChI is InChI=1S/C18H23FN4O2/c1-2-16-20-11-13-23(16)12-3-9-21-17(24)8-10-22-18(25)14-4-6-15(19)7-5-14/h4-7,11,13H,2-3,8-10,12H2,1H3,(H,21,24)(H,22,25). The Balaban J connectivity index is 1.59. The van der Waals surface area contributed by atoms with Gasteiger partial charge in [0.15, 0.2) is 0 Å². The number of rotatable bonds is 9. The van der Waals surface area contributed by atoms with Gasteiger partial charge < -0.3 is 15.2 Å². The van der Waals surface area contributed by atoms with Gasteiger partial charge in [-0.1, -0.05) is 6.92 Å². The lowest BCUT2D eigenvalue weighted by Crippen LogP contribution is -2.31. The lowest BCUT2D eigenvalue weighted by molar-refractivity contribution is -0.120. The summed E-state index contributed by atoms with van der Waals surface area (Å²) in [5.41, 5.74) is 0.369. The second-order valence-corrected chi connectivity index (χ2v) is 5.61. The fourth-order valence-electron chi connectivity index (χ4n) is 2.42. The fourth-order valence-corrected chi connectivity index (χ4v) is 2.42. The average Bonchev–Trinajstić information content (AvgIpc) is 3.06. The number of hydrogen-bond donors (Lipinski definition) is 2. The van der Waals surface area contributed by atoms with Crippen molar-refractivity contribution in [2.45, 2.75) is 32.7 Å². The van der Waals surface area contributed by atoms with Gasteiger partial charge in [-0.2, -0.15) is 0 Å². The minimum Gasteiger partial charge on any atom is -0.356 e. The Hall–Kier alpha value is -2.70. The monoisotopic (exact) mass is 346 g/mol. The Morgan fingerprint density at radius 1 is 1.16 bits per heavy atom. The predicted molar refractivity (Wildman–Crippen MR) is 92.6 cm³/mol. The normalized spacial score (nSPS) is 10.5. The Kier molecular flexibility index (Phi) is 7.13. The Labute approximate surface area is 146 Å². The van der Waals surface area contributed by atoms with E-state index in [1.54, 1.807) is 6.20 Å². The van der Waals surface area contributed by atoms with Crippen LogP contribution in [0, 0.1) is 5.82 Å². The maximum absolute atomic E-state index is 12.8. The summed E-state index contributed by atoms with van der Waals surface area (Å²) in [7, 11) is 0. The molecule has 0 radical (unpaired) electrons. The summed E-state index contributed by atoms with van der Waals surface area (Å²) < 4.78 is 14.9. The average molecular weight is 346 g/mol. The van der Waals surface area contributed by atoms with Crippen LogP contribution in [0.5, 0.6) is 0 Å². The molecule has 0 spiro atoms. The zero-order valence-corrected chi connectivity index (χ0v) is 14.3. The van der Waals surface area contributed by atoms with E-state index < -0.39 is 5.82 Å². The van der Waals surface area contributed by atoms with Crippen molar-refractivity contribution in [3.8, 4) is 0 Å². The van der Waals surface area contributed by atoms with Gasteiger partial charge in [-0.25, -0.2) is 9.37 Å². The lowest BCUT2D eigenvalue weighted by atomic mass is 10.2. The van der Waals surface area contributed by atoms with Crippen molar-refractivity contribution < 1.29 is 14.0 Å². The maximum Gasteiger partial charge on any atom is 0.251 e. The molecule has 0 aliphatic heterocycles. The second kappa shape index (κ2) is 9.56. The first-order valence-corrected chi connectivity index (χ1v) is 8.40. The topological polar surface area (TPSA) is 76.0 Å². The van der Waals surface area contributed by atoms with Crippen molar-refractivity contribution in [3.63, 3.8) is 0 Å². The molecule has 0 aliphatic rings. The molecule has 6 nitrogen and oxygen atoms in total. The molecule has 1 heterocycles. The highest BCUT2D eigenvalue weighted by Crippen LogP contribution is 2.02. The number of nitrogens with one attached hydrogen (secondary N) is 2. The molecule has 7 heteroatoms. The lowest BCUT2D eigenvalue weighted by Gasteiger charge is -2.08. The van der Waals surface area contributed by atoms with E-state index in [2.05, 4.69) is 27.1 Å². The third-order valence-corrected chi connectivity index (χ3v) is 3.76. The molecule has 0 saturated carbocycles. The molecule has 2 N–H and O–H groups in total. The van der Waals surface area contributed by atoms with Gasteiger partial charge in [-0.05, 0) is 30.7 Å². The number of imidazole rings is 1. The minimum atomic E-state index is -0.391. The SMILES string of the molecule is CCc1nccn1CCCNC(=O)CCNC(=O)c1ccc(F)cc1. The first-order chi connectivity index (χ1) is 12.1. The van der Waals surface area contributed by atoms with Gasteiger partial charge in [0, 0.05) is 50.4 Å². The molecule has 2 amide bonds. The number of halogens is 1. The van der Waals surface area contributed by atoms with Gasteiger partial charge in [0.2, 0.25) is 5.91 Å². The smallest absolute Gasteiger partial charge is 0.251 e. The van der Waals surface area contributed by atoms with E-state index in [1.807, 2.05) is 6.20 Å². The van der Waals surface area contributed by atoms with E-state index in [9.17, 15) is 14.0 Å². The molecule has 2 aromatic rings. The molecule has 1 aromatic heterocycles. The number of aryl methyl sites for hydroxylation is 2. The Bertz CT molecular complexity index is 697. The van der Waals surface area contributed by atoms with Crippen LogP contribution in [0.15, 0.2) is 36.7 Å². The minimum absolute atomic E-state index is 0.110. The molecule has 0 atom stereocenters. The number of aromatic nitrogens is 2. The van der Waals surface area contributed by atoms with Gasteiger partial charge in [0.25, 0.3) is 5.91 Å². The molecule has 0 saturated heterocycles. The van der Waals surface area contributed by atoms with Gasteiger partial charge in [-0.15, -0.1) is 0 Å². The van der Waals surface area contributed by atoms with E-state index in [1.165, 1.54) is 24.3 Å². The summed E-state index contributed by atoms with van der Waals surface area (Å²) in [6, 6.07) is 5.27. The molecule has 25 heavy (non-hydrogen) atoms. The number of hydrogen-bond acceptors (Lipinski definition) is 3. The van der Waals surface area contributed by atoms with Crippen LogP contribution in [0.2, 0.25) is 0 Å². The van der Waals surface area contributed by atoms with Crippen LogP contribution >= 0.6 is 0 Å². The second-order valence-electron chi connectivity index (χ2n) is 5.61. The van der Waals surface area contributed by atoms with Crippen LogP contribution in [0.25, 0.3) is 0 Å². The van der Waals surface area contributed by atoms with Crippen molar-refractivity contribution in [3.05, 3.63) is 53.9 Å². The third-order valence-electron chi connectivity index (χ3n) is 3.76. The number of carbonyl (C=O) groups is 2. The summed E-state index contributed by atoms with van der Waals surface area (Å²) >= 11 is 0. The summed E-state index contributed by atoms with van der Waals surface area (Å²) in [6.45, 7) is 3.68. The molecule has 1 aromatic carbocycles. The van der Waals surface area contributed by atoms with Crippen LogP contribution in [0.4, 0.5) is 4.39 Å². The maximum atomic E-state index is 12.8. The summed E-state index contributed by atoms with van der Waals surface area (Å²) in [4.78, 5) is 27.8. The van der Waals surface area contributed by atoms with E-state index in [0.29, 0.717) is 12.1 Å². The molecule has 0 fully saturated rings. The third kappa shape index (κ3) is 6.02. The van der Waals surface area contributed by atoms with Crippen molar-refractivity contribution in [1.29, 1.82) is 0 Å². The number of benzene rings is 1. The van der Waals surface area contributed by atoms with Gasteiger partial charge in [-0.3, -0.25) is 9.59 Å². The molecule has 0 unspecified atom stereocenters. The zero-order chi connectivity index (χ0) is 18.1. The molecule has 0 aliphatic carbocycles. The summed E-state index contributed by atoms with van der Waals surface area (Å²) in [6.07, 6.45) is 5.62. The van der Waals surface area contributed by atoms with Crippen molar-refractivity contribution in [2.75, 3.05) is 13.1 Å². The van der Waals surface area contributed by atoms with Crippen LogP contribution in [0.1, 0.15) is 35.9 Å². The van der Waals surface area contributed by atoms with Crippen molar-refractivity contribution in [1.82, 2.24) is 20.2 Å². The first-order valence-electron chi connectivity index (χ1n) is 8.40. The highest BCUT2D eigenvalue weighted by molar-refractivity contribution is 5.94. The van der Waals surface area contributed by atoms with Crippen LogP contribution in [-0.4, -0.2) is 34.5 Å². The van der Waals surface area contributed by atoms with E-state index in [-0.39, 0.29) is 24.8 Å². The number of amides is 2. The van der Waals surface area contributed by atoms with E-state index >= 15 is 0 Å². The Morgan fingerprint density at radius 3 is 2.64 bits per heavy atom. The molecule has 0 bridgehead atoms. The van der Waals surface area contributed by atoms with Gasteiger partial charge in [0.05, 0.1) is 0 Å². The summed E-state index contributed by atoms with van der Waals surface area (Å²) in [5, 5.41) is 5.47. The molecule has 134 valence electrons. The summed E-state index contributed by atoms with van der Waals surface area (Å²) in [5.74, 6) is 0.216. The van der Waals surface area contributed by atoms with Crippen molar-refractivity contribution in [2.24, 2.45) is 0 Å². The van der Waals surface area contributed by atoms with E-state index in [4.69, 9.17) is 0 Å². The highest BCUT2D eigenvalue weighted by atomic mass is 19.1. The highest BCUT2D eigenvalue weighted by Gasteiger charge is 2.07. The van der Waals surface area contributed by atoms with Gasteiger partial charge >= 0.3 is 0 Å². The van der Waals surface area contributed by atoms with Gasteiger partial charge in [0.1, 0.15) is 11.6 Å². The first kappa shape index (κ1) is 18.6. The van der Waals surface area contributed by atoms with Crippen LogP contribution in [0.3, 0.4) is 0 Å². The molecule has 2 rings (SSSR count). The predicted octanol–water partition coefficient (Wildman–Crippen LogP) is 1.91. The van der Waals surface area contributed by atoms with Crippen molar-refractivity contribution >= 4 is 11.8 Å². The fraction of sp³-hybridized carbons (Fsp3) is 0.389. The largest absolute Gasteiger partial charge is 0.356 e. The molecular weight excluding hydrogens is 323 g/mol. The van der Waals surface area contributed by atoms with Crippen LogP contribution < -0.4 is 10.6 Å². The van der Waals surface area contributed by atoms with Crippen LogP contribution in [-0.2, 0) is 17.8 Å². The van der Waals surface area contributed by atoms with E-state index in [0.717, 1.165) is 25.2 Å². The quantitative estimate of drug-likeness (QED) is 0.681. The zero-order valence-electron chi connectivity index (χ0n) is 14.3. The number of carbonyl (C=O) groups excluding carboxylic acids is 2. The molecular formula is C18H23FN4O2. The Morgan fingerprint density at radius 2 is 1.92 bits per heavy atom. The number of nitrogens with zero attached hydrogens (tertiary/aromatic N) is 2.